The predicted molar refractivity (Wildman–Crippen MR) is 111 cm³/mol. The molecule has 0 spiro atoms. The number of likely N-dealkylation sites (tertiary alicyclic amines) is 1. The van der Waals surface area contributed by atoms with Crippen molar-refractivity contribution in [3.63, 3.8) is 0 Å². The number of pyridine rings is 1. The van der Waals surface area contributed by atoms with Crippen LogP contribution < -0.4 is 0 Å². The molecule has 0 saturated carbocycles. The standard InChI is InChI=1S/C21H20N6OS/c1-14-10-23-17(11-22-14)21(28)26-8-2-4-16(12-26)20-24-19-7-6-15(13-27(19)25-20)18-5-3-9-29-18/h3,5-7,9-11,13,16H,2,4,8,12H2,1H3/t16-/m1/s1. The zero-order valence-corrected chi connectivity index (χ0v) is 16.8. The van der Waals surface area contributed by atoms with Gasteiger partial charge in [-0.25, -0.2) is 14.5 Å². The fourth-order valence-corrected chi connectivity index (χ4v) is 4.42. The molecule has 1 atom stereocenters. The lowest BCUT2D eigenvalue weighted by molar-refractivity contribution is 0.0698. The van der Waals surface area contributed by atoms with Crippen LogP contribution in [0.1, 0.15) is 40.8 Å². The summed E-state index contributed by atoms with van der Waals surface area (Å²) < 4.78 is 1.84. The molecule has 0 unspecified atom stereocenters. The Labute approximate surface area is 172 Å². The number of piperidine rings is 1. The molecule has 5 heterocycles. The number of rotatable bonds is 3. The molecule has 0 aromatic carbocycles. The molecule has 0 aliphatic carbocycles. The lowest BCUT2D eigenvalue weighted by Crippen LogP contribution is -2.39. The van der Waals surface area contributed by atoms with Crippen molar-refractivity contribution in [2.75, 3.05) is 13.1 Å². The first-order chi connectivity index (χ1) is 14.2. The predicted octanol–water partition coefficient (Wildman–Crippen LogP) is 3.58. The van der Waals surface area contributed by atoms with Gasteiger partial charge < -0.3 is 4.90 Å². The highest BCUT2D eigenvalue weighted by Crippen LogP contribution is 2.28. The molecule has 1 fully saturated rings. The molecular weight excluding hydrogens is 384 g/mol. The molecule has 0 N–H and O–H groups in total. The van der Waals surface area contributed by atoms with Crippen LogP contribution in [0, 0.1) is 6.92 Å². The maximum Gasteiger partial charge on any atom is 0.274 e. The van der Waals surface area contributed by atoms with E-state index in [1.807, 2.05) is 34.7 Å². The minimum Gasteiger partial charge on any atom is -0.337 e. The molecule has 4 aromatic heterocycles. The fourth-order valence-electron chi connectivity index (χ4n) is 3.70. The van der Waals surface area contributed by atoms with Crippen molar-refractivity contribution in [3.05, 3.63) is 65.4 Å². The Hall–Kier alpha value is -3.13. The van der Waals surface area contributed by atoms with Gasteiger partial charge >= 0.3 is 0 Å². The number of carbonyl (C=O) groups is 1. The van der Waals surface area contributed by atoms with Gasteiger partial charge in [0.1, 0.15) is 5.69 Å². The molecule has 1 aliphatic rings. The number of aromatic nitrogens is 5. The molecule has 4 aromatic rings. The van der Waals surface area contributed by atoms with Crippen LogP contribution in [0.25, 0.3) is 16.1 Å². The van der Waals surface area contributed by atoms with Crippen LogP contribution in [-0.4, -0.2) is 48.5 Å². The van der Waals surface area contributed by atoms with E-state index in [2.05, 4.69) is 27.5 Å². The Morgan fingerprint density at radius 3 is 2.93 bits per heavy atom. The van der Waals surface area contributed by atoms with Crippen LogP contribution in [0.3, 0.4) is 0 Å². The van der Waals surface area contributed by atoms with Gasteiger partial charge in [-0.1, -0.05) is 6.07 Å². The van der Waals surface area contributed by atoms with Crippen molar-refractivity contribution >= 4 is 22.9 Å². The Morgan fingerprint density at radius 1 is 1.21 bits per heavy atom. The first kappa shape index (κ1) is 17.9. The van der Waals surface area contributed by atoms with E-state index in [1.54, 1.807) is 23.7 Å². The van der Waals surface area contributed by atoms with Crippen LogP contribution in [-0.2, 0) is 0 Å². The summed E-state index contributed by atoms with van der Waals surface area (Å²) in [5, 5.41) is 6.80. The summed E-state index contributed by atoms with van der Waals surface area (Å²) in [4.78, 5) is 29.0. The number of nitrogens with zero attached hydrogens (tertiary/aromatic N) is 6. The number of thiophene rings is 1. The molecule has 0 radical (unpaired) electrons. The summed E-state index contributed by atoms with van der Waals surface area (Å²) in [6.45, 7) is 3.18. The lowest BCUT2D eigenvalue weighted by Gasteiger charge is -2.31. The Balaban J connectivity index is 1.38. The maximum atomic E-state index is 12.8. The summed E-state index contributed by atoms with van der Waals surface area (Å²) in [5.41, 5.74) is 3.14. The quantitative estimate of drug-likeness (QED) is 0.522. The number of aryl methyl sites for hydroxylation is 1. The molecule has 1 amide bonds. The minimum absolute atomic E-state index is 0.0778. The number of amides is 1. The van der Waals surface area contributed by atoms with E-state index in [0.29, 0.717) is 12.2 Å². The van der Waals surface area contributed by atoms with Gasteiger partial charge in [0.2, 0.25) is 0 Å². The smallest absolute Gasteiger partial charge is 0.274 e. The van der Waals surface area contributed by atoms with Gasteiger partial charge in [0.05, 0.1) is 11.9 Å². The van der Waals surface area contributed by atoms with Crippen molar-refractivity contribution in [1.82, 2.24) is 29.5 Å². The third-order valence-electron chi connectivity index (χ3n) is 5.23. The first-order valence-electron chi connectivity index (χ1n) is 9.65. The van der Waals surface area contributed by atoms with Crippen LogP contribution in [0.4, 0.5) is 0 Å². The second kappa shape index (κ2) is 7.36. The van der Waals surface area contributed by atoms with E-state index < -0.39 is 0 Å². The van der Waals surface area contributed by atoms with Gasteiger partial charge in [0, 0.05) is 41.8 Å². The molecule has 1 saturated heterocycles. The van der Waals surface area contributed by atoms with Gasteiger partial charge in [0.15, 0.2) is 11.5 Å². The summed E-state index contributed by atoms with van der Waals surface area (Å²) in [6.07, 6.45) is 7.09. The Kier molecular flexibility index (Phi) is 4.55. The third kappa shape index (κ3) is 3.51. The number of carbonyl (C=O) groups excluding carboxylic acids is 1. The largest absolute Gasteiger partial charge is 0.337 e. The topological polar surface area (TPSA) is 76.3 Å². The monoisotopic (exact) mass is 404 g/mol. The van der Waals surface area contributed by atoms with E-state index in [0.717, 1.165) is 42.1 Å². The SMILES string of the molecule is Cc1cnc(C(=O)N2CCC[C@@H](c3nc4ccc(-c5cccs5)cn4n3)C2)cn1. The Morgan fingerprint density at radius 2 is 2.14 bits per heavy atom. The summed E-state index contributed by atoms with van der Waals surface area (Å²) in [6, 6.07) is 8.22. The fraction of sp³-hybridized carbons (Fsp3) is 0.286. The zero-order chi connectivity index (χ0) is 19.8. The molecule has 8 heteroatoms. The molecule has 29 heavy (non-hydrogen) atoms. The van der Waals surface area contributed by atoms with E-state index in [-0.39, 0.29) is 11.8 Å². The molecule has 1 aliphatic heterocycles. The van der Waals surface area contributed by atoms with Crippen molar-refractivity contribution in [2.45, 2.75) is 25.7 Å². The van der Waals surface area contributed by atoms with E-state index in [1.165, 1.54) is 4.88 Å². The molecule has 5 rings (SSSR count). The van der Waals surface area contributed by atoms with Crippen molar-refractivity contribution in [2.24, 2.45) is 0 Å². The second-order valence-electron chi connectivity index (χ2n) is 7.30. The second-order valence-corrected chi connectivity index (χ2v) is 8.25. The summed E-state index contributed by atoms with van der Waals surface area (Å²) in [7, 11) is 0. The van der Waals surface area contributed by atoms with Crippen LogP contribution in [0.2, 0.25) is 0 Å². The summed E-state index contributed by atoms with van der Waals surface area (Å²) in [5.74, 6) is 0.836. The normalized spacial score (nSPS) is 17.0. The van der Waals surface area contributed by atoms with Gasteiger partial charge in [0.25, 0.3) is 5.91 Å². The molecule has 146 valence electrons. The highest BCUT2D eigenvalue weighted by Gasteiger charge is 2.28. The molecular formula is C21H20N6OS. The van der Waals surface area contributed by atoms with Gasteiger partial charge in [-0.05, 0) is 43.3 Å². The van der Waals surface area contributed by atoms with E-state index in [9.17, 15) is 4.79 Å². The van der Waals surface area contributed by atoms with Crippen LogP contribution >= 0.6 is 11.3 Å². The van der Waals surface area contributed by atoms with Crippen LogP contribution in [0.5, 0.6) is 0 Å². The highest BCUT2D eigenvalue weighted by molar-refractivity contribution is 7.13. The van der Waals surface area contributed by atoms with E-state index >= 15 is 0 Å². The highest BCUT2D eigenvalue weighted by atomic mass is 32.1. The van der Waals surface area contributed by atoms with Crippen molar-refractivity contribution in [1.29, 1.82) is 0 Å². The Bertz CT molecular complexity index is 1150. The van der Waals surface area contributed by atoms with Gasteiger partial charge in [-0.3, -0.25) is 9.78 Å². The first-order valence-corrected chi connectivity index (χ1v) is 10.5. The average molecular weight is 404 g/mol. The lowest BCUT2D eigenvalue weighted by atomic mass is 9.97. The average Bonchev–Trinajstić information content (AvgIpc) is 3.43. The number of fused-ring (bicyclic) bond motifs is 1. The zero-order valence-electron chi connectivity index (χ0n) is 16.0. The van der Waals surface area contributed by atoms with Gasteiger partial charge in [-0.2, -0.15) is 5.10 Å². The minimum atomic E-state index is -0.0778. The van der Waals surface area contributed by atoms with Crippen LogP contribution in [0.15, 0.2) is 48.2 Å². The summed E-state index contributed by atoms with van der Waals surface area (Å²) >= 11 is 1.70. The number of hydrogen-bond acceptors (Lipinski definition) is 6. The molecule has 0 bridgehead atoms. The maximum absolute atomic E-state index is 12.8. The molecule has 7 nitrogen and oxygen atoms in total. The van der Waals surface area contributed by atoms with Gasteiger partial charge in [-0.15, -0.1) is 11.3 Å². The third-order valence-corrected chi connectivity index (χ3v) is 6.15. The van der Waals surface area contributed by atoms with Crippen molar-refractivity contribution in [3.8, 4) is 10.4 Å². The van der Waals surface area contributed by atoms with E-state index in [4.69, 9.17) is 10.1 Å². The number of hydrogen-bond donors (Lipinski definition) is 0. The van der Waals surface area contributed by atoms with Crippen molar-refractivity contribution < 1.29 is 4.79 Å².